The molecule has 0 bridgehead atoms. The highest BCUT2D eigenvalue weighted by atomic mass is 79.9. The summed E-state index contributed by atoms with van der Waals surface area (Å²) in [5.74, 6) is -0.0941. The third-order valence-electron chi connectivity index (χ3n) is 2.03. The van der Waals surface area contributed by atoms with Crippen LogP contribution in [0.1, 0.15) is 0 Å². The first-order valence-corrected chi connectivity index (χ1v) is 5.55. The normalized spacial score (nSPS) is 10.4. The van der Waals surface area contributed by atoms with Crippen molar-refractivity contribution < 1.29 is 4.39 Å². The van der Waals surface area contributed by atoms with Crippen molar-refractivity contribution in [2.45, 2.75) is 6.54 Å². The van der Waals surface area contributed by atoms with Gasteiger partial charge in [0.15, 0.2) is 11.6 Å². The molecule has 6 heteroatoms. The Hall–Kier alpha value is -1.43. The molecule has 2 heterocycles. The Bertz CT molecular complexity index is 458. The van der Waals surface area contributed by atoms with Gasteiger partial charge in [-0.15, -0.1) is 0 Å². The summed E-state index contributed by atoms with van der Waals surface area (Å²) >= 11 is 3.15. The minimum Gasteiger partial charge on any atom is -0.366 e. The molecular formula is C10H10BrFN4. The smallest absolute Gasteiger partial charge is 0.166 e. The third-order valence-corrected chi connectivity index (χ3v) is 2.46. The molecule has 0 aliphatic heterocycles. The molecule has 2 aromatic heterocycles. The van der Waals surface area contributed by atoms with Crippen molar-refractivity contribution in [1.29, 1.82) is 0 Å². The van der Waals surface area contributed by atoms with Gasteiger partial charge in [-0.1, -0.05) is 0 Å². The van der Waals surface area contributed by atoms with Gasteiger partial charge in [-0.2, -0.15) is 0 Å². The van der Waals surface area contributed by atoms with E-state index < -0.39 is 0 Å². The summed E-state index contributed by atoms with van der Waals surface area (Å²) < 4.78 is 15.9. The number of nitrogens with zero attached hydrogens (tertiary/aromatic N) is 3. The summed E-state index contributed by atoms with van der Waals surface area (Å²) in [7, 11) is 0. The molecule has 2 aromatic rings. The number of hydrogen-bond donors (Lipinski definition) is 1. The Morgan fingerprint density at radius 1 is 1.50 bits per heavy atom. The van der Waals surface area contributed by atoms with Crippen molar-refractivity contribution in [3.8, 4) is 0 Å². The van der Waals surface area contributed by atoms with Crippen molar-refractivity contribution in [3.63, 3.8) is 0 Å². The van der Waals surface area contributed by atoms with E-state index in [0.717, 1.165) is 6.54 Å². The van der Waals surface area contributed by atoms with E-state index >= 15 is 0 Å². The van der Waals surface area contributed by atoms with Crippen LogP contribution in [0.2, 0.25) is 0 Å². The first-order valence-electron chi connectivity index (χ1n) is 4.76. The van der Waals surface area contributed by atoms with Crippen molar-refractivity contribution in [1.82, 2.24) is 14.5 Å². The molecule has 0 aliphatic carbocycles. The lowest BCUT2D eigenvalue weighted by Gasteiger charge is -2.06. The van der Waals surface area contributed by atoms with E-state index in [2.05, 4.69) is 31.2 Å². The van der Waals surface area contributed by atoms with Gasteiger partial charge in [-0.3, -0.25) is 0 Å². The Balaban J connectivity index is 1.90. The Labute approximate surface area is 101 Å². The maximum absolute atomic E-state index is 13.3. The molecule has 0 amide bonds. The van der Waals surface area contributed by atoms with E-state index in [1.807, 2.05) is 10.8 Å². The van der Waals surface area contributed by atoms with Gasteiger partial charge in [0.05, 0.1) is 6.33 Å². The maximum atomic E-state index is 13.3. The molecule has 0 aliphatic rings. The molecule has 0 aromatic carbocycles. The van der Waals surface area contributed by atoms with Gasteiger partial charge in [-0.05, 0) is 22.0 Å². The highest BCUT2D eigenvalue weighted by Crippen LogP contribution is 2.15. The summed E-state index contributed by atoms with van der Waals surface area (Å²) in [4.78, 5) is 7.86. The van der Waals surface area contributed by atoms with Crippen LogP contribution in [0.15, 0.2) is 35.5 Å². The topological polar surface area (TPSA) is 42.7 Å². The maximum Gasteiger partial charge on any atom is 0.166 e. The third kappa shape index (κ3) is 2.79. The predicted molar refractivity (Wildman–Crippen MR) is 62.6 cm³/mol. The summed E-state index contributed by atoms with van der Waals surface area (Å²) in [6.45, 7) is 1.32. The zero-order chi connectivity index (χ0) is 11.4. The number of imidazole rings is 1. The lowest BCUT2D eigenvalue weighted by molar-refractivity contribution is 0.620. The monoisotopic (exact) mass is 284 g/mol. The fourth-order valence-corrected chi connectivity index (χ4v) is 1.57. The minimum absolute atomic E-state index is 0.267. The fraction of sp³-hybridized carbons (Fsp3) is 0.200. The number of hydrogen-bond acceptors (Lipinski definition) is 3. The molecular weight excluding hydrogens is 275 g/mol. The quantitative estimate of drug-likeness (QED) is 0.937. The van der Waals surface area contributed by atoms with E-state index in [0.29, 0.717) is 11.0 Å². The molecule has 0 saturated heterocycles. The van der Waals surface area contributed by atoms with Crippen molar-refractivity contribution in [2.75, 3.05) is 11.9 Å². The number of aromatic nitrogens is 3. The SMILES string of the molecule is Fc1cc(Br)cnc1NCCn1ccnc1. The largest absolute Gasteiger partial charge is 0.366 e. The second kappa shape index (κ2) is 5.07. The number of nitrogens with one attached hydrogen (secondary N) is 1. The molecule has 84 valence electrons. The molecule has 0 atom stereocenters. The summed E-state index contributed by atoms with van der Waals surface area (Å²) in [5.41, 5.74) is 0. The van der Waals surface area contributed by atoms with Gasteiger partial charge < -0.3 is 9.88 Å². The van der Waals surface area contributed by atoms with Gasteiger partial charge in [0.1, 0.15) is 0 Å². The van der Waals surface area contributed by atoms with E-state index in [1.54, 1.807) is 18.7 Å². The molecule has 4 nitrogen and oxygen atoms in total. The van der Waals surface area contributed by atoms with Gasteiger partial charge in [0.25, 0.3) is 0 Å². The van der Waals surface area contributed by atoms with Gasteiger partial charge >= 0.3 is 0 Å². The van der Waals surface area contributed by atoms with Crippen LogP contribution in [0.3, 0.4) is 0 Å². The first kappa shape index (κ1) is 11.1. The van der Waals surface area contributed by atoms with Crippen molar-refractivity contribution >= 4 is 21.7 Å². The van der Waals surface area contributed by atoms with E-state index in [4.69, 9.17) is 0 Å². The average Bonchev–Trinajstić information content (AvgIpc) is 2.74. The summed E-state index contributed by atoms with van der Waals surface area (Å²) in [6, 6.07) is 1.38. The Kier molecular flexibility index (Phi) is 3.51. The van der Waals surface area contributed by atoms with Gasteiger partial charge in [0, 0.05) is 36.2 Å². The van der Waals surface area contributed by atoms with Gasteiger partial charge in [-0.25, -0.2) is 14.4 Å². The van der Waals surface area contributed by atoms with Crippen molar-refractivity contribution in [2.24, 2.45) is 0 Å². The second-order valence-electron chi connectivity index (χ2n) is 3.21. The van der Waals surface area contributed by atoms with E-state index in [1.165, 1.54) is 6.07 Å². The molecule has 0 radical (unpaired) electrons. The Morgan fingerprint density at radius 2 is 2.38 bits per heavy atom. The van der Waals surface area contributed by atoms with Crippen LogP contribution in [-0.2, 0) is 6.54 Å². The lowest BCUT2D eigenvalue weighted by Crippen LogP contribution is -2.11. The summed E-state index contributed by atoms with van der Waals surface area (Å²) in [6.07, 6.45) is 6.83. The lowest BCUT2D eigenvalue weighted by atomic mass is 10.4. The van der Waals surface area contributed by atoms with Crippen LogP contribution in [0.5, 0.6) is 0 Å². The van der Waals surface area contributed by atoms with E-state index in [9.17, 15) is 4.39 Å². The first-order chi connectivity index (χ1) is 7.75. The predicted octanol–water partition coefficient (Wildman–Crippen LogP) is 2.29. The highest BCUT2D eigenvalue weighted by molar-refractivity contribution is 9.10. The minimum atomic E-state index is -0.361. The highest BCUT2D eigenvalue weighted by Gasteiger charge is 2.02. The molecule has 0 fully saturated rings. The molecule has 0 saturated carbocycles. The standard InChI is InChI=1S/C10H10BrFN4/c11-8-5-9(12)10(15-6-8)14-2-4-16-3-1-13-7-16/h1,3,5-7H,2,4H2,(H,14,15). The number of halogens is 2. The fourth-order valence-electron chi connectivity index (χ4n) is 1.27. The van der Waals surface area contributed by atoms with Crippen molar-refractivity contribution in [3.05, 3.63) is 41.3 Å². The second-order valence-corrected chi connectivity index (χ2v) is 4.13. The zero-order valence-corrected chi connectivity index (χ0v) is 9.98. The van der Waals surface area contributed by atoms with Crippen LogP contribution in [0.25, 0.3) is 0 Å². The Morgan fingerprint density at radius 3 is 3.06 bits per heavy atom. The van der Waals surface area contributed by atoms with Crippen LogP contribution >= 0.6 is 15.9 Å². The average molecular weight is 285 g/mol. The molecule has 0 spiro atoms. The van der Waals surface area contributed by atoms with E-state index in [-0.39, 0.29) is 11.6 Å². The van der Waals surface area contributed by atoms with Crippen LogP contribution in [-0.4, -0.2) is 21.1 Å². The number of anilines is 1. The van der Waals surface area contributed by atoms with Gasteiger partial charge in [0.2, 0.25) is 0 Å². The summed E-state index contributed by atoms with van der Waals surface area (Å²) in [5, 5.41) is 2.92. The molecule has 16 heavy (non-hydrogen) atoms. The molecule has 1 N–H and O–H groups in total. The molecule has 2 rings (SSSR count). The molecule has 0 unspecified atom stereocenters. The number of pyridine rings is 1. The number of rotatable bonds is 4. The zero-order valence-electron chi connectivity index (χ0n) is 8.40. The van der Waals surface area contributed by atoms with Crippen LogP contribution in [0, 0.1) is 5.82 Å². The van der Waals surface area contributed by atoms with Crippen LogP contribution in [0.4, 0.5) is 10.2 Å². The van der Waals surface area contributed by atoms with Crippen LogP contribution < -0.4 is 5.32 Å².